The Labute approximate surface area is 126 Å². The normalized spacial score (nSPS) is 19.7. The van der Waals surface area contributed by atoms with Crippen molar-refractivity contribution in [1.82, 2.24) is 10.6 Å². The van der Waals surface area contributed by atoms with Crippen LogP contribution in [0.25, 0.3) is 0 Å². The van der Waals surface area contributed by atoms with Crippen LogP contribution < -0.4 is 10.6 Å². The van der Waals surface area contributed by atoms with Gasteiger partial charge in [0.15, 0.2) is 0 Å². The van der Waals surface area contributed by atoms with Gasteiger partial charge in [-0.2, -0.15) is 0 Å². The van der Waals surface area contributed by atoms with Crippen LogP contribution in [0.1, 0.15) is 44.4 Å². The first-order valence-electron chi connectivity index (χ1n) is 7.66. The fourth-order valence-corrected chi connectivity index (χ4v) is 2.84. The molecule has 2 atom stereocenters. The predicted octanol–water partition coefficient (Wildman–Crippen LogP) is 1.79. The minimum absolute atomic E-state index is 0.00414. The number of carbonyl (C=O) groups excluding carboxylic acids is 1. The number of amides is 1. The molecule has 4 nitrogen and oxygen atoms in total. The van der Waals surface area contributed by atoms with Crippen molar-refractivity contribution < 1.29 is 9.90 Å². The van der Waals surface area contributed by atoms with Crippen LogP contribution in [0.15, 0.2) is 24.3 Å². The molecule has 1 amide bonds. The molecule has 0 bridgehead atoms. The predicted molar refractivity (Wildman–Crippen MR) is 84.0 cm³/mol. The second-order valence-corrected chi connectivity index (χ2v) is 6.78. The van der Waals surface area contributed by atoms with Crippen molar-refractivity contribution >= 4 is 5.91 Å². The number of rotatable bonds is 4. The third-order valence-corrected chi connectivity index (χ3v) is 4.15. The number of aliphatic hydroxyl groups excluding tert-OH is 1. The van der Waals surface area contributed by atoms with E-state index < -0.39 is 0 Å². The maximum absolute atomic E-state index is 12.6. The summed E-state index contributed by atoms with van der Waals surface area (Å²) in [5.41, 5.74) is 2.23. The monoisotopic (exact) mass is 290 g/mol. The summed E-state index contributed by atoms with van der Waals surface area (Å²) in [5.74, 6) is -0.00414. The van der Waals surface area contributed by atoms with Crippen LogP contribution in [-0.2, 0) is 11.2 Å². The van der Waals surface area contributed by atoms with Crippen molar-refractivity contribution in [3.8, 4) is 0 Å². The average molecular weight is 290 g/mol. The molecule has 1 aromatic carbocycles. The van der Waals surface area contributed by atoms with Crippen molar-refractivity contribution in [3.63, 3.8) is 0 Å². The van der Waals surface area contributed by atoms with Crippen LogP contribution in [0, 0.1) is 5.41 Å². The van der Waals surface area contributed by atoms with Crippen LogP contribution in [0.5, 0.6) is 0 Å². The molecule has 21 heavy (non-hydrogen) atoms. The topological polar surface area (TPSA) is 61.4 Å². The number of benzene rings is 1. The first-order chi connectivity index (χ1) is 9.93. The van der Waals surface area contributed by atoms with E-state index in [0.717, 1.165) is 18.5 Å². The number of aliphatic hydroxyl groups is 1. The van der Waals surface area contributed by atoms with Crippen molar-refractivity contribution in [3.05, 3.63) is 35.4 Å². The van der Waals surface area contributed by atoms with Crippen molar-refractivity contribution in [1.29, 1.82) is 0 Å². The van der Waals surface area contributed by atoms with Gasteiger partial charge in [0.2, 0.25) is 5.91 Å². The highest BCUT2D eigenvalue weighted by atomic mass is 16.3. The van der Waals surface area contributed by atoms with Crippen LogP contribution in [0.4, 0.5) is 0 Å². The van der Waals surface area contributed by atoms with Gasteiger partial charge in [0.1, 0.15) is 6.04 Å². The first kappa shape index (κ1) is 16.0. The lowest BCUT2D eigenvalue weighted by Crippen LogP contribution is -2.49. The molecule has 0 radical (unpaired) electrons. The summed E-state index contributed by atoms with van der Waals surface area (Å²) in [6.07, 6.45) is 1.53. The molecule has 0 aliphatic carbocycles. The van der Waals surface area contributed by atoms with E-state index in [1.54, 1.807) is 0 Å². The molecule has 0 fully saturated rings. The van der Waals surface area contributed by atoms with Gasteiger partial charge in [-0.3, -0.25) is 4.79 Å². The van der Waals surface area contributed by atoms with Crippen LogP contribution >= 0.6 is 0 Å². The highest BCUT2D eigenvalue weighted by Gasteiger charge is 2.31. The van der Waals surface area contributed by atoms with E-state index in [2.05, 4.69) is 37.5 Å². The van der Waals surface area contributed by atoms with Gasteiger partial charge in [0.05, 0.1) is 0 Å². The molecule has 1 heterocycles. The lowest BCUT2D eigenvalue weighted by atomic mass is 9.84. The Bertz CT molecular complexity index is 494. The second kappa shape index (κ2) is 6.58. The number of hydrogen-bond acceptors (Lipinski definition) is 3. The number of fused-ring (bicyclic) bond motifs is 1. The van der Waals surface area contributed by atoms with Gasteiger partial charge in [-0.25, -0.2) is 0 Å². The summed E-state index contributed by atoms with van der Waals surface area (Å²) in [5, 5.41) is 15.6. The van der Waals surface area contributed by atoms with E-state index in [9.17, 15) is 9.90 Å². The van der Waals surface area contributed by atoms with E-state index in [4.69, 9.17) is 0 Å². The lowest BCUT2D eigenvalue weighted by molar-refractivity contribution is -0.125. The average Bonchev–Trinajstić information content (AvgIpc) is 2.45. The molecule has 0 saturated carbocycles. The molecule has 1 aliphatic rings. The van der Waals surface area contributed by atoms with Gasteiger partial charge in [-0.1, -0.05) is 45.0 Å². The highest BCUT2D eigenvalue weighted by Crippen LogP contribution is 2.25. The number of hydrogen-bond donors (Lipinski definition) is 3. The van der Waals surface area contributed by atoms with Crippen LogP contribution in [0.3, 0.4) is 0 Å². The van der Waals surface area contributed by atoms with E-state index in [1.807, 2.05) is 18.2 Å². The van der Waals surface area contributed by atoms with E-state index in [0.29, 0.717) is 6.42 Å². The summed E-state index contributed by atoms with van der Waals surface area (Å²) in [4.78, 5) is 12.6. The van der Waals surface area contributed by atoms with Gasteiger partial charge in [-0.15, -0.1) is 0 Å². The van der Waals surface area contributed by atoms with Gasteiger partial charge < -0.3 is 15.7 Å². The minimum Gasteiger partial charge on any atom is -0.396 e. The van der Waals surface area contributed by atoms with Gasteiger partial charge in [0, 0.05) is 19.2 Å². The SMILES string of the molecule is CC(C)(C)C(CCO)NC(=O)C1NCCc2ccccc21. The van der Waals surface area contributed by atoms with Crippen molar-refractivity contribution in [2.75, 3.05) is 13.2 Å². The van der Waals surface area contributed by atoms with E-state index >= 15 is 0 Å². The third kappa shape index (κ3) is 3.83. The molecular formula is C17H26N2O2. The van der Waals surface area contributed by atoms with Gasteiger partial charge in [0.25, 0.3) is 0 Å². The smallest absolute Gasteiger partial charge is 0.241 e. The molecule has 0 aromatic heterocycles. The molecule has 0 spiro atoms. The Hall–Kier alpha value is -1.39. The summed E-state index contributed by atoms with van der Waals surface area (Å²) < 4.78 is 0. The van der Waals surface area contributed by atoms with Gasteiger partial charge >= 0.3 is 0 Å². The fraction of sp³-hybridized carbons (Fsp3) is 0.588. The molecule has 1 aromatic rings. The molecule has 4 heteroatoms. The van der Waals surface area contributed by atoms with E-state index in [-0.39, 0.29) is 30.0 Å². The molecule has 1 aliphatic heterocycles. The maximum atomic E-state index is 12.6. The Balaban J connectivity index is 2.14. The van der Waals surface area contributed by atoms with Crippen LogP contribution in [0.2, 0.25) is 0 Å². The molecule has 2 unspecified atom stereocenters. The Morgan fingerprint density at radius 2 is 2.14 bits per heavy atom. The van der Waals surface area contributed by atoms with Crippen LogP contribution in [-0.4, -0.2) is 30.2 Å². The summed E-state index contributed by atoms with van der Waals surface area (Å²) >= 11 is 0. The standard InChI is InChI=1S/C17H26N2O2/c1-17(2,3)14(9-11-20)19-16(21)15-13-7-5-4-6-12(13)8-10-18-15/h4-7,14-15,18,20H,8-11H2,1-3H3,(H,19,21). The molecule has 116 valence electrons. The highest BCUT2D eigenvalue weighted by molar-refractivity contribution is 5.84. The Morgan fingerprint density at radius 1 is 1.43 bits per heavy atom. The first-order valence-corrected chi connectivity index (χ1v) is 7.66. The summed E-state index contributed by atoms with van der Waals surface area (Å²) in [7, 11) is 0. The van der Waals surface area contributed by atoms with Crippen molar-refractivity contribution in [2.45, 2.75) is 45.7 Å². The zero-order chi connectivity index (χ0) is 15.5. The molecular weight excluding hydrogens is 264 g/mol. The third-order valence-electron chi connectivity index (χ3n) is 4.15. The molecule has 3 N–H and O–H groups in total. The fourth-order valence-electron chi connectivity index (χ4n) is 2.84. The largest absolute Gasteiger partial charge is 0.396 e. The molecule has 0 saturated heterocycles. The maximum Gasteiger partial charge on any atom is 0.241 e. The van der Waals surface area contributed by atoms with E-state index in [1.165, 1.54) is 5.56 Å². The van der Waals surface area contributed by atoms with Gasteiger partial charge in [-0.05, 0) is 29.4 Å². The number of carbonyl (C=O) groups is 1. The molecule has 2 rings (SSSR count). The lowest BCUT2D eigenvalue weighted by Gasteiger charge is -2.34. The zero-order valence-corrected chi connectivity index (χ0v) is 13.1. The number of nitrogens with one attached hydrogen (secondary N) is 2. The quantitative estimate of drug-likeness (QED) is 0.792. The second-order valence-electron chi connectivity index (χ2n) is 6.78. The summed E-state index contributed by atoms with van der Waals surface area (Å²) in [6, 6.07) is 7.77. The zero-order valence-electron chi connectivity index (χ0n) is 13.1. The Morgan fingerprint density at radius 3 is 2.81 bits per heavy atom. The Kier molecular flexibility index (Phi) is 5.01. The minimum atomic E-state index is -0.293. The van der Waals surface area contributed by atoms with Crippen molar-refractivity contribution in [2.24, 2.45) is 5.41 Å². The summed E-state index contributed by atoms with van der Waals surface area (Å²) in [6.45, 7) is 7.13.